The Morgan fingerprint density at radius 1 is 1.04 bits per heavy atom. The Bertz CT molecular complexity index is 833. The van der Waals surface area contributed by atoms with Crippen molar-refractivity contribution in [1.82, 2.24) is 4.90 Å². The summed E-state index contributed by atoms with van der Waals surface area (Å²) in [5.41, 5.74) is 0.798. The van der Waals surface area contributed by atoms with Gasteiger partial charge in [0.2, 0.25) is 6.10 Å². The fraction of sp³-hybridized carbons (Fsp3) is 0.300. The second kappa shape index (κ2) is 8.92. The number of morpholine rings is 1. The molecule has 1 saturated heterocycles. The Balaban J connectivity index is 1.89. The average molecular weight is 387 g/mol. The van der Waals surface area contributed by atoms with Crippen LogP contribution in [-0.2, 0) is 25.1 Å². The molecular weight excluding hydrogens is 366 g/mol. The van der Waals surface area contributed by atoms with Crippen LogP contribution in [0, 0.1) is 0 Å². The van der Waals surface area contributed by atoms with Crippen molar-refractivity contribution in [3.8, 4) is 0 Å². The van der Waals surface area contributed by atoms with Gasteiger partial charge in [0, 0.05) is 24.9 Å². The quantitative estimate of drug-likeness (QED) is 0.736. The summed E-state index contributed by atoms with van der Waals surface area (Å²) >= 11 is 0. The summed E-state index contributed by atoms with van der Waals surface area (Å²) < 4.78 is 22.8. The van der Waals surface area contributed by atoms with Crippen molar-refractivity contribution in [3.63, 3.8) is 0 Å². The Kier molecular flexibility index (Phi) is 6.36. The third-order valence-electron chi connectivity index (χ3n) is 4.29. The normalized spacial score (nSPS) is 16.4. The average Bonchev–Trinajstić information content (AvgIpc) is 2.72. The van der Waals surface area contributed by atoms with Gasteiger partial charge in [-0.2, -0.15) is 0 Å². The number of benzene rings is 2. The Morgan fingerprint density at radius 2 is 1.67 bits per heavy atom. The van der Waals surface area contributed by atoms with Crippen molar-refractivity contribution in [1.29, 1.82) is 0 Å². The lowest BCUT2D eigenvalue weighted by molar-refractivity contribution is -0.145. The van der Waals surface area contributed by atoms with Crippen LogP contribution in [0.25, 0.3) is 0 Å². The fourth-order valence-corrected chi connectivity index (χ4v) is 3.63. The lowest BCUT2D eigenvalue weighted by Crippen LogP contribution is -2.44. The number of carbonyl (C=O) groups is 2. The highest BCUT2D eigenvalue weighted by atomic mass is 32.2. The molecule has 142 valence electrons. The number of hydrogen-bond donors (Lipinski definition) is 0. The molecule has 0 bridgehead atoms. The zero-order valence-electron chi connectivity index (χ0n) is 15.0. The van der Waals surface area contributed by atoms with E-state index in [9.17, 15) is 13.8 Å². The molecule has 2 aromatic carbocycles. The Morgan fingerprint density at radius 3 is 2.33 bits per heavy atom. The number of amides is 1. The van der Waals surface area contributed by atoms with E-state index < -0.39 is 22.9 Å². The second-order valence-electron chi connectivity index (χ2n) is 6.08. The van der Waals surface area contributed by atoms with Crippen LogP contribution in [-0.4, -0.2) is 53.5 Å². The number of carbonyl (C=O) groups excluding carboxylic acids is 2. The molecule has 27 heavy (non-hydrogen) atoms. The zero-order chi connectivity index (χ0) is 19.2. The molecular formula is C20H21NO5S. The highest BCUT2D eigenvalue weighted by molar-refractivity contribution is 7.84. The molecule has 3 rings (SSSR count). The summed E-state index contributed by atoms with van der Waals surface area (Å²) in [6.07, 6.45) is 0.440. The molecule has 0 unspecified atom stereocenters. The molecule has 0 aromatic heterocycles. The van der Waals surface area contributed by atoms with Crippen molar-refractivity contribution >= 4 is 22.7 Å². The predicted molar refractivity (Wildman–Crippen MR) is 101 cm³/mol. The molecule has 0 N–H and O–H groups in total. The molecule has 1 fully saturated rings. The van der Waals surface area contributed by atoms with Crippen molar-refractivity contribution in [3.05, 3.63) is 65.7 Å². The number of rotatable bonds is 5. The van der Waals surface area contributed by atoms with Crippen molar-refractivity contribution < 1.29 is 23.3 Å². The van der Waals surface area contributed by atoms with E-state index in [-0.39, 0.29) is 11.5 Å². The van der Waals surface area contributed by atoms with Crippen LogP contribution in [0.3, 0.4) is 0 Å². The summed E-state index contributed by atoms with van der Waals surface area (Å²) in [5, 5.41) is 0. The van der Waals surface area contributed by atoms with Crippen LogP contribution in [0.5, 0.6) is 0 Å². The standard InChI is InChI=1S/C20H21NO5S/c1-27(24)17-10-6-5-9-16(17)20(23)26-18(15-7-3-2-4-8-15)19(22)21-11-13-25-14-12-21/h2-10,18H,11-14H2,1H3/t18-,27+/m1/s1. The molecule has 7 heteroatoms. The van der Waals surface area contributed by atoms with Crippen LogP contribution in [0.1, 0.15) is 22.0 Å². The SMILES string of the molecule is C[S@](=O)c1ccccc1C(=O)O[C@@H](C(=O)N1CCOCC1)c1ccccc1. The lowest BCUT2D eigenvalue weighted by Gasteiger charge is -2.30. The molecule has 6 nitrogen and oxygen atoms in total. The van der Waals surface area contributed by atoms with Gasteiger partial charge in [0.05, 0.1) is 34.5 Å². The highest BCUT2D eigenvalue weighted by Gasteiger charge is 2.31. The molecule has 1 aliphatic rings. The third-order valence-corrected chi connectivity index (χ3v) is 5.27. The first kappa shape index (κ1) is 19.3. The Labute approximate surface area is 160 Å². The first-order valence-electron chi connectivity index (χ1n) is 8.63. The summed E-state index contributed by atoms with van der Waals surface area (Å²) in [5.74, 6) is -0.954. The molecule has 0 saturated carbocycles. The van der Waals surface area contributed by atoms with Crippen LogP contribution in [0.2, 0.25) is 0 Å². The number of hydrogen-bond acceptors (Lipinski definition) is 5. The molecule has 1 amide bonds. The van der Waals surface area contributed by atoms with Gasteiger partial charge in [-0.05, 0) is 12.1 Å². The monoisotopic (exact) mass is 387 g/mol. The van der Waals surface area contributed by atoms with Gasteiger partial charge in [0.15, 0.2) is 0 Å². The molecule has 1 heterocycles. The van der Waals surface area contributed by atoms with Gasteiger partial charge in [-0.1, -0.05) is 42.5 Å². The minimum absolute atomic E-state index is 0.203. The van der Waals surface area contributed by atoms with E-state index in [1.807, 2.05) is 6.07 Å². The second-order valence-corrected chi connectivity index (χ2v) is 7.43. The van der Waals surface area contributed by atoms with Gasteiger partial charge in [-0.3, -0.25) is 9.00 Å². The summed E-state index contributed by atoms with van der Waals surface area (Å²) in [6.45, 7) is 1.82. The number of esters is 1. The maximum atomic E-state index is 13.0. The van der Waals surface area contributed by atoms with E-state index in [0.717, 1.165) is 0 Å². The maximum absolute atomic E-state index is 13.0. The van der Waals surface area contributed by atoms with Crippen molar-refractivity contribution in [2.45, 2.75) is 11.0 Å². The minimum Gasteiger partial charge on any atom is -0.444 e. The van der Waals surface area contributed by atoms with Crippen LogP contribution in [0.4, 0.5) is 0 Å². The van der Waals surface area contributed by atoms with Gasteiger partial charge in [-0.15, -0.1) is 0 Å². The van der Waals surface area contributed by atoms with E-state index in [1.165, 1.54) is 6.26 Å². The van der Waals surface area contributed by atoms with Gasteiger partial charge in [0.25, 0.3) is 5.91 Å². The largest absolute Gasteiger partial charge is 0.444 e. The fourth-order valence-electron chi connectivity index (χ4n) is 2.89. The minimum atomic E-state index is -1.35. The topological polar surface area (TPSA) is 72.9 Å². The molecule has 0 aliphatic carbocycles. The number of ether oxygens (including phenoxy) is 2. The van der Waals surface area contributed by atoms with Gasteiger partial charge >= 0.3 is 5.97 Å². The first-order chi connectivity index (χ1) is 13.1. The molecule has 1 aliphatic heterocycles. The van der Waals surface area contributed by atoms with Gasteiger partial charge in [0.1, 0.15) is 0 Å². The first-order valence-corrected chi connectivity index (χ1v) is 10.2. The van der Waals surface area contributed by atoms with Crippen molar-refractivity contribution in [2.75, 3.05) is 32.6 Å². The molecule has 0 radical (unpaired) electrons. The molecule has 2 aromatic rings. The predicted octanol–water partition coefficient (Wildman–Crippen LogP) is 2.18. The van der Waals surface area contributed by atoms with Crippen LogP contribution < -0.4 is 0 Å². The third kappa shape index (κ3) is 4.61. The maximum Gasteiger partial charge on any atom is 0.340 e. The van der Waals surface area contributed by atoms with E-state index in [2.05, 4.69) is 0 Å². The zero-order valence-corrected chi connectivity index (χ0v) is 15.8. The summed E-state index contributed by atoms with van der Waals surface area (Å²) in [7, 11) is -1.35. The lowest BCUT2D eigenvalue weighted by atomic mass is 10.1. The van der Waals surface area contributed by atoms with Crippen LogP contribution in [0.15, 0.2) is 59.5 Å². The van der Waals surface area contributed by atoms with E-state index in [4.69, 9.17) is 9.47 Å². The summed E-state index contributed by atoms with van der Waals surface area (Å²) in [6, 6.07) is 15.5. The summed E-state index contributed by atoms with van der Waals surface area (Å²) in [4.78, 5) is 27.8. The number of nitrogens with zero attached hydrogens (tertiary/aromatic N) is 1. The van der Waals surface area contributed by atoms with Gasteiger partial charge < -0.3 is 14.4 Å². The molecule has 2 atom stereocenters. The Hall–Kier alpha value is -2.51. The molecule has 0 spiro atoms. The smallest absolute Gasteiger partial charge is 0.340 e. The van der Waals surface area contributed by atoms with E-state index in [0.29, 0.717) is 36.8 Å². The van der Waals surface area contributed by atoms with E-state index >= 15 is 0 Å². The highest BCUT2D eigenvalue weighted by Crippen LogP contribution is 2.24. The van der Waals surface area contributed by atoms with Crippen molar-refractivity contribution in [2.24, 2.45) is 0 Å². The van der Waals surface area contributed by atoms with Crippen LogP contribution >= 0.6 is 0 Å². The van der Waals surface area contributed by atoms with E-state index in [1.54, 1.807) is 53.4 Å². The van der Waals surface area contributed by atoms with Gasteiger partial charge in [-0.25, -0.2) is 4.79 Å².